The molecule has 0 saturated heterocycles. The zero-order chi connectivity index (χ0) is 15.4. The second-order valence-corrected chi connectivity index (χ2v) is 5.07. The molecule has 2 aromatic carbocycles. The number of fused-ring (bicyclic) bond motifs is 1. The van der Waals surface area contributed by atoms with Gasteiger partial charge in [0.15, 0.2) is 0 Å². The zero-order valence-electron chi connectivity index (χ0n) is 11.9. The molecule has 0 aliphatic heterocycles. The number of carbonyl (C=O) groups is 1. The minimum atomic E-state index is -0.281. The second kappa shape index (κ2) is 6.35. The van der Waals surface area contributed by atoms with Gasteiger partial charge in [0.25, 0.3) is 0 Å². The van der Waals surface area contributed by atoms with Crippen molar-refractivity contribution >= 4 is 16.8 Å². The highest BCUT2D eigenvalue weighted by Gasteiger charge is 2.07. The van der Waals surface area contributed by atoms with E-state index in [0.717, 1.165) is 22.0 Å². The van der Waals surface area contributed by atoms with Crippen molar-refractivity contribution in [3.8, 4) is 0 Å². The maximum atomic E-state index is 12.8. The van der Waals surface area contributed by atoms with Crippen molar-refractivity contribution in [3.63, 3.8) is 0 Å². The van der Waals surface area contributed by atoms with Crippen molar-refractivity contribution in [1.82, 2.24) is 10.3 Å². The van der Waals surface area contributed by atoms with Crippen molar-refractivity contribution < 1.29 is 9.18 Å². The van der Waals surface area contributed by atoms with Crippen LogP contribution in [0.3, 0.4) is 0 Å². The quantitative estimate of drug-likeness (QED) is 0.802. The summed E-state index contributed by atoms with van der Waals surface area (Å²) in [5, 5.41) is 3.86. The monoisotopic (exact) mass is 294 g/mol. The molecule has 0 aliphatic carbocycles. The van der Waals surface area contributed by atoms with Gasteiger partial charge in [0.05, 0.1) is 11.9 Å². The molecule has 1 aromatic heterocycles. The van der Waals surface area contributed by atoms with E-state index in [1.165, 1.54) is 12.1 Å². The maximum Gasteiger partial charge on any atom is 0.224 e. The Kier molecular flexibility index (Phi) is 4.10. The van der Waals surface area contributed by atoms with E-state index in [4.69, 9.17) is 0 Å². The van der Waals surface area contributed by atoms with E-state index in [9.17, 15) is 9.18 Å². The molecular weight excluding hydrogens is 279 g/mol. The van der Waals surface area contributed by atoms with Gasteiger partial charge in [0.2, 0.25) is 5.91 Å². The van der Waals surface area contributed by atoms with Crippen LogP contribution in [0.5, 0.6) is 0 Å². The van der Waals surface area contributed by atoms with Gasteiger partial charge in [0.1, 0.15) is 5.82 Å². The van der Waals surface area contributed by atoms with E-state index in [1.807, 2.05) is 30.3 Å². The van der Waals surface area contributed by atoms with Gasteiger partial charge in [-0.2, -0.15) is 0 Å². The molecule has 3 nitrogen and oxygen atoms in total. The van der Waals surface area contributed by atoms with Gasteiger partial charge in [-0.05, 0) is 29.3 Å². The van der Waals surface area contributed by atoms with Crippen LogP contribution in [-0.2, 0) is 17.8 Å². The van der Waals surface area contributed by atoms with Crippen molar-refractivity contribution in [2.24, 2.45) is 0 Å². The summed E-state index contributed by atoms with van der Waals surface area (Å²) in [5.74, 6) is -0.362. The lowest BCUT2D eigenvalue weighted by atomic mass is 10.1. The third-order valence-electron chi connectivity index (χ3n) is 3.47. The predicted octanol–water partition coefficient (Wildman–Crippen LogP) is 3.23. The molecule has 0 unspecified atom stereocenters. The van der Waals surface area contributed by atoms with Crippen molar-refractivity contribution in [1.29, 1.82) is 0 Å². The minimum absolute atomic E-state index is 0.0810. The highest BCUT2D eigenvalue weighted by atomic mass is 19.1. The average Bonchev–Trinajstić information content (AvgIpc) is 2.55. The number of halogens is 1. The molecule has 0 saturated carbocycles. The van der Waals surface area contributed by atoms with Crippen LogP contribution in [0.1, 0.15) is 11.1 Å². The standard InChI is InChI=1S/C18H15FN2O/c19-16-8-6-13(7-9-16)12-21-17(22)11-15-4-1-3-14-5-2-10-20-18(14)15/h1-10H,11-12H2,(H,21,22). The van der Waals surface area contributed by atoms with Gasteiger partial charge in [-0.25, -0.2) is 4.39 Å². The van der Waals surface area contributed by atoms with Crippen LogP contribution in [0.15, 0.2) is 60.8 Å². The average molecular weight is 294 g/mol. The number of pyridine rings is 1. The van der Waals surface area contributed by atoms with Crippen molar-refractivity contribution in [3.05, 3.63) is 77.7 Å². The second-order valence-electron chi connectivity index (χ2n) is 5.07. The Morgan fingerprint density at radius 1 is 1.05 bits per heavy atom. The number of benzene rings is 2. The van der Waals surface area contributed by atoms with Gasteiger partial charge < -0.3 is 5.32 Å². The Bertz CT molecular complexity index is 794. The first-order valence-corrected chi connectivity index (χ1v) is 7.06. The van der Waals surface area contributed by atoms with E-state index in [0.29, 0.717) is 6.54 Å². The smallest absolute Gasteiger partial charge is 0.224 e. The first-order valence-electron chi connectivity index (χ1n) is 7.06. The highest BCUT2D eigenvalue weighted by molar-refractivity contribution is 5.87. The Balaban J connectivity index is 1.67. The first kappa shape index (κ1) is 14.2. The number of amides is 1. The fraction of sp³-hybridized carbons (Fsp3) is 0.111. The molecule has 0 spiro atoms. The SMILES string of the molecule is O=C(Cc1cccc2cccnc12)NCc1ccc(F)cc1. The van der Waals surface area contributed by atoms with Crippen molar-refractivity contribution in [2.45, 2.75) is 13.0 Å². The first-order chi connectivity index (χ1) is 10.7. The summed E-state index contributed by atoms with van der Waals surface area (Å²) in [4.78, 5) is 16.4. The van der Waals surface area contributed by atoms with Gasteiger partial charge in [-0.1, -0.05) is 36.4 Å². The lowest BCUT2D eigenvalue weighted by molar-refractivity contribution is -0.120. The molecule has 22 heavy (non-hydrogen) atoms. The van der Waals surface area contributed by atoms with E-state index in [1.54, 1.807) is 18.3 Å². The van der Waals surface area contributed by atoms with Crippen LogP contribution < -0.4 is 5.32 Å². The summed E-state index contributed by atoms with van der Waals surface area (Å²) in [6.07, 6.45) is 2.00. The summed E-state index contributed by atoms with van der Waals surface area (Å²) in [5.41, 5.74) is 2.61. The number of aromatic nitrogens is 1. The van der Waals surface area contributed by atoms with Crippen LogP contribution in [0.25, 0.3) is 10.9 Å². The highest BCUT2D eigenvalue weighted by Crippen LogP contribution is 2.16. The topological polar surface area (TPSA) is 42.0 Å². The largest absolute Gasteiger partial charge is 0.352 e. The van der Waals surface area contributed by atoms with Crippen LogP contribution in [0, 0.1) is 5.82 Å². The molecule has 1 N–H and O–H groups in total. The maximum absolute atomic E-state index is 12.8. The molecular formula is C18H15FN2O. The lowest BCUT2D eigenvalue weighted by Gasteiger charge is -2.07. The Morgan fingerprint density at radius 2 is 1.82 bits per heavy atom. The number of carbonyl (C=O) groups excluding carboxylic acids is 1. The van der Waals surface area contributed by atoms with E-state index < -0.39 is 0 Å². The molecule has 0 bridgehead atoms. The lowest BCUT2D eigenvalue weighted by Crippen LogP contribution is -2.24. The molecule has 0 fully saturated rings. The molecule has 0 atom stereocenters. The molecule has 4 heteroatoms. The Hall–Kier alpha value is -2.75. The summed E-state index contributed by atoms with van der Waals surface area (Å²) in [6, 6.07) is 15.8. The van der Waals surface area contributed by atoms with Crippen LogP contribution in [-0.4, -0.2) is 10.9 Å². The number of nitrogens with one attached hydrogen (secondary N) is 1. The molecule has 1 amide bonds. The van der Waals surface area contributed by atoms with Gasteiger partial charge >= 0.3 is 0 Å². The van der Waals surface area contributed by atoms with Crippen molar-refractivity contribution in [2.75, 3.05) is 0 Å². The molecule has 0 aliphatic rings. The number of hydrogen-bond acceptors (Lipinski definition) is 2. The van der Waals surface area contributed by atoms with E-state index in [2.05, 4.69) is 10.3 Å². The van der Waals surface area contributed by atoms with Crippen LogP contribution in [0.4, 0.5) is 4.39 Å². The molecule has 0 radical (unpaired) electrons. The third kappa shape index (κ3) is 3.28. The number of rotatable bonds is 4. The summed E-state index contributed by atoms with van der Waals surface area (Å²) in [6.45, 7) is 0.386. The summed E-state index contributed by atoms with van der Waals surface area (Å²) < 4.78 is 12.8. The molecule has 3 aromatic rings. The summed E-state index contributed by atoms with van der Waals surface area (Å²) in [7, 11) is 0. The Morgan fingerprint density at radius 3 is 2.64 bits per heavy atom. The molecule has 110 valence electrons. The fourth-order valence-electron chi connectivity index (χ4n) is 2.35. The van der Waals surface area contributed by atoms with E-state index in [-0.39, 0.29) is 18.1 Å². The number of hydrogen-bond donors (Lipinski definition) is 1. The fourth-order valence-corrected chi connectivity index (χ4v) is 2.35. The third-order valence-corrected chi connectivity index (χ3v) is 3.47. The summed E-state index contributed by atoms with van der Waals surface area (Å²) >= 11 is 0. The number of para-hydroxylation sites is 1. The molecule has 3 rings (SSSR count). The normalized spacial score (nSPS) is 10.6. The number of nitrogens with zero attached hydrogens (tertiary/aromatic N) is 1. The molecule has 1 heterocycles. The van der Waals surface area contributed by atoms with E-state index >= 15 is 0 Å². The van der Waals surface area contributed by atoms with Gasteiger partial charge in [0, 0.05) is 18.1 Å². The van der Waals surface area contributed by atoms with Gasteiger partial charge in [-0.15, -0.1) is 0 Å². The minimum Gasteiger partial charge on any atom is -0.352 e. The predicted molar refractivity (Wildman–Crippen MR) is 83.7 cm³/mol. The Labute approximate surface area is 127 Å². The van der Waals surface area contributed by atoms with Crippen LogP contribution in [0.2, 0.25) is 0 Å². The van der Waals surface area contributed by atoms with Crippen LogP contribution >= 0.6 is 0 Å². The van der Waals surface area contributed by atoms with Gasteiger partial charge in [-0.3, -0.25) is 9.78 Å². The zero-order valence-corrected chi connectivity index (χ0v) is 11.9.